The molecule has 31 heavy (non-hydrogen) atoms. The highest BCUT2D eigenvalue weighted by atomic mass is 35.5. The van der Waals surface area contributed by atoms with Crippen molar-refractivity contribution >= 4 is 40.3 Å². The molecular weight excluding hydrogens is 431 g/mol. The first-order chi connectivity index (χ1) is 15.2. The highest BCUT2D eigenvalue weighted by Crippen LogP contribution is 2.36. The van der Waals surface area contributed by atoms with Crippen LogP contribution in [0.2, 0.25) is 10.0 Å². The minimum absolute atomic E-state index is 0.494. The quantitative estimate of drug-likeness (QED) is 0.429. The first-order valence-electron chi connectivity index (χ1n) is 10.3. The molecule has 2 aromatic carbocycles. The van der Waals surface area contributed by atoms with Crippen molar-refractivity contribution in [2.75, 3.05) is 18.4 Å². The second kappa shape index (κ2) is 8.83. The molecule has 0 radical (unpaired) electrons. The zero-order valence-corrected chi connectivity index (χ0v) is 18.4. The molecule has 2 aromatic heterocycles. The number of nitrogens with zero attached hydrogens (tertiary/aromatic N) is 4. The number of rotatable bonds is 6. The fraction of sp³-hybridized carbons (Fsp3) is 0.261. The van der Waals surface area contributed by atoms with Gasteiger partial charge in [0.1, 0.15) is 11.3 Å². The Morgan fingerprint density at radius 2 is 1.84 bits per heavy atom. The summed E-state index contributed by atoms with van der Waals surface area (Å²) in [6.45, 7) is 3.43. The van der Waals surface area contributed by atoms with E-state index in [-0.39, 0.29) is 0 Å². The van der Waals surface area contributed by atoms with E-state index in [1.165, 1.54) is 5.56 Å². The largest absolute Gasteiger partial charge is 0.350 e. The molecule has 2 N–H and O–H groups in total. The Bertz CT molecular complexity index is 1180. The second-order valence-corrected chi connectivity index (χ2v) is 8.56. The number of hydrogen-bond acceptors (Lipinski definition) is 5. The van der Waals surface area contributed by atoms with Gasteiger partial charge in [0.05, 0.1) is 21.8 Å². The molecular formula is C23H22Cl2N6. The summed E-state index contributed by atoms with van der Waals surface area (Å²) in [6, 6.07) is 15.7. The van der Waals surface area contributed by atoms with Gasteiger partial charge in [-0.1, -0.05) is 59.6 Å². The number of anilines is 1. The molecule has 3 heterocycles. The lowest BCUT2D eigenvalue weighted by Gasteiger charge is -2.15. The summed E-state index contributed by atoms with van der Waals surface area (Å²) < 4.78 is 2.13. The molecule has 6 nitrogen and oxygen atoms in total. The first-order valence-corrected chi connectivity index (χ1v) is 11.1. The van der Waals surface area contributed by atoms with Crippen LogP contribution in [0.3, 0.4) is 0 Å². The van der Waals surface area contributed by atoms with Gasteiger partial charge in [-0.2, -0.15) is 4.98 Å². The van der Waals surface area contributed by atoms with Crippen LogP contribution in [0.25, 0.3) is 22.6 Å². The molecule has 0 bridgehead atoms. The Labute approximate surface area is 190 Å². The average molecular weight is 453 g/mol. The van der Waals surface area contributed by atoms with E-state index in [4.69, 9.17) is 33.2 Å². The van der Waals surface area contributed by atoms with Crippen molar-refractivity contribution < 1.29 is 0 Å². The maximum Gasteiger partial charge on any atom is 0.225 e. The van der Waals surface area contributed by atoms with Gasteiger partial charge in [0.2, 0.25) is 5.95 Å². The van der Waals surface area contributed by atoms with E-state index in [1.54, 1.807) is 6.20 Å². The SMILES string of the molecule is Clc1cccc(Cl)c1-c1nc2cnc(NCc3ccccc3)nc2n1C[C@H]1CCNC1. The average Bonchev–Trinajstić information content (AvgIpc) is 3.42. The number of imidazole rings is 1. The summed E-state index contributed by atoms with van der Waals surface area (Å²) in [5, 5.41) is 7.90. The standard InChI is InChI=1S/C23H22Cl2N6/c24-17-7-4-8-18(25)20(17)22-29-19-13-28-23(27-12-15-5-2-1-3-6-15)30-21(19)31(22)14-16-9-10-26-11-16/h1-8,13,16,26H,9-12,14H2,(H,27,28,30)/t16-/m0/s1. The molecule has 1 aliphatic heterocycles. The second-order valence-electron chi connectivity index (χ2n) is 7.74. The lowest BCUT2D eigenvalue weighted by molar-refractivity contribution is 0.490. The summed E-state index contributed by atoms with van der Waals surface area (Å²) in [6.07, 6.45) is 2.87. The number of aromatic nitrogens is 4. The highest BCUT2D eigenvalue weighted by molar-refractivity contribution is 6.39. The van der Waals surface area contributed by atoms with Gasteiger partial charge in [0, 0.05) is 13.1 Å². The lowest BCUT2D eigenvalue weighted by atomic mass is 10.1. The Morgan fingerprint density at radius 3 is 2.58 bits per heavy atom. The number of fused-ring (bicyclic) bond motifs is 1. The van der Waals surface area contributed by atoms with E-state index >= 15 is 0 Å². The maximum atomic E-state index is 6.53. The molecule has 0 spiro atoms. The van der Waals surface area contributed by atoms with Crippen LogP contribution in [0, 0.1) is 5.92 Å². The minimum Gasteiger partial charge on any atom is -0.350 e. The Morgan fingerprint density at radius 1 is 1.03 bits per heavy atom. The van der Waals surface area contributed by atoms with Gasteiger partial charge in [-0.25, -0.2) is 9.97 Å². The van der Waals surface area contributed by atoms with E-state index in [0.717, 1.165) is 48.6 Å². The first kappa shape index (κ1) is 20.2. The van der Waals surface area contributed by atoms with Crippen molar-refractivity contribution in [2.45, 2.75) is 19.5 Å². The van der Waals surface area contributed by atoms with E-state index in [9.17, 15) is 0 Å². The zero-order valence-electron chi connectivity index (χ0n) is 16.9. The zero-order chi connectivity index (χ0) is 21.2. The highest BCUT2D eigenvalue weighted by Gasteiger charge is 2.23. The third kappa shape index (κ3) is 4.24. The molecule has 0 aliphatic carbocycles. The van der Waals surface area contributed by atoms with Crippen LogP contribution in [0.1, 0.15) is 12.0 Å². The number of halogens is 2. The molecule has 5 rings (SSSR count). The van der Waals surface area contributed by atoms with Gasteiger partial charge in [0.25, 0.3) is 0 Å². The van der Waals surface area contributed by atoms with Crippen molar-refractivity contribution in [1.82, 2.24) is 24.8 Å². The van der Waals surface area contributed by atoms with Crippen molar-refractivity contribution in [3.63, 3.8) is 0 Å². The molecule has 0 amide bonds. The van der Waals surface area contributed by atoms with Crippen molar-refractivity contribution in [3.8, 4) is 11.4 Å². The molecule has 1 saturated heterocycles. The number of benzene rings is 2. The fourth-order valence-electron chi connectivity index (χ4n) is 3.98. The summed E-state index contributed by atoms with van der Waals surface area (Å²) in [5.74, 6) is 1.79. The van der Waals surface area contributed by atoms with Crippen LogP contribution in [0.5, 0.6) is 0 Å². The maximum absolute atomic E-state index is 6.53. The van der Waals surface area contributed by atoms with Crippen molar-refractivity contribution in [3.05, 3.63) is 70.3 Å². The predicted octanol–water partition coefficient (Wildman–Crippen LogP) is 5.02. The van der Waals surface area contributed by atoms with Crippen molar-refractivity contribution in [1.29, 1.82) is 0 Å². The Kier molecular flexibility index (Phi) is 5.76. The van der Waals surface area contributed by atoms with Gasteiger partial charge < -0.3 is 15.2 Å². The molecule has 1 fully saturated rings. The minimum atomic E-state index is 0.494. The molecule has 4 aromatic rings. The molecule has 1 aliphatic rings. The van der Waals surface area contributed by atoms with Gasteiger partial charge in [-0.15, -0.1) is 0 Å². The van der Waals surface area contributed by atoms with Crippen molar-refractivity contribution in [2.24, 2.45) is 5.92 Å². The normalized spacial score (nSPS) is 16.1. The van der Waals surface area contributed by atoms with Crippen LogP contribution in [0.15, 0.2) is 54.7 Å². The van der Waals surface area contributed by atoms with Crippen LogP contribution < -0.4 is 10.6 Å². The van der Waals surface area contributed by atoms with E-state index in [2.05, 4.69) is 32.3 Å². The van der Waals surface area contributed by atoms with E-state index < -0.39 is 0 Å². The topological polar surface area (TPSA) is 67.7 Å². The Hall–Kier alpha value is -2.67. The van der Waals surface area contributed by atoms with Crippen LogP contribution in [-0.2, 0) is 13.1 Å². The van der Waals surface area contributed by atoms with Gasteiger partial charge >= 0.3 is 0 Å². The summed E-state index contributed by atoms with van der Waals surface area (Å²) in [7, 11) is 0. The smallest absolute Gasteiger partial charge is 0.225 e. The van der Waals surface area contributed by atoms with E-state index in [1.807, 2.05) is 36.4 Å². The Balaban J connectivity index is 1.56. The summed E-state index contributed by atoms with van der Waals surface area (Å²) in [4.78, 5) is 14.1. The summed E-state index contributed by atoms with van der Waals surface area (Å²) >= 11 is 13.1. The number of hydrogen-bond donors (Lipinski definition) is 2. The van der Waals surface area contributed by atoms with Gasteiger partial charge in [-0.3, -0.25) is 0 Å². The van der Waals surface area contributed by atoms with Crippen LogP contribution in [-0.4, -0.2) is 32.6 Å². The monoisotopic (exact) mass is 452 g/mol. The third-order valence-corrected chi connectivity index (χ3v) is 6.20. The van der Waals surface area contributed by atoms with Gasteiger partial charge in [0.15, 0.2) is 5.65 Å². The lowest BCUT2D eigenvalue weighted by Crippen LogP contribution is -2.16. The third-order valence-electron chi connectivity index (χ3n) is 5.57. The predicted molar refractivity (Wildman–Crippen MR) is 126 cm³/mol. The molecule has 1 atom stereocenters. The molecule has 8 heteroatoms. The molecule has 158 valence electrons. The van der Waals surface area contributed by atoms with Crippen LogP contribution >= 0.6 is 23.2 Å². The van der Waals surface area contributed by atoms with Crippen LogP contribution in [0.4, 0.5) is 5.95 Å². The molecule has 0 unspecified atom stereocenters. The van der Waals surface area contributed by atoms with Gasteiger partial charge in [-0.05, 0) is 43.1 Å². The fourth-order valence-corrected chi connectivity index (χ4v) is 4.55. The molecule has 0 saturated carbocycles. The number of nitrogens with one attached hydrogen (secondary N) is 2. The van der Waals surface area contributed by atoms with E-state index in [0.29, 0.717) is 28.5 Å². The summed E-state index contributed by atoms with van der Waals surface area (Å²) in [5.41, 5.74) is 3.40.